The van der Waals surface area contributed by atoms with E-state index in [-0.39, 0.29) is 12.0 Å². The molecule has 0 atom stereocenters. The molecule has 0 fully saturated rings. The summed E-state index contributed by atoms with van der Waals surface area (Å²) in [5, 5.41) is 3.23. The highest BCUT2D eigenvalue weighted by Gasteiger charge is 2.19. The zero-order chi connectivity index (χ0) is 22.0. The molecule has 1 aromatic carbocycles. The molecule has 3 aromatic rings. The number of imide groups is 1. The number of thioether (sulfide) groups is 1. The summed E-state index contributed by atoms with van der Waals surface area (Å²) in [6.07, 6.45) is 0.841. The molecule has 0 saturated heterocycles. The third-order valence-electron chi connectivity index (χ3n) is 4.92. The summed E-state index contributed by atoms with van der Waals surface area (Å²) in [5.74, 6) is -0.108. The summed E-state index contributed by atoms with van der Waals surface area (Å²) < 4.78 is 1.62. The molecule has 3 N–H and O–H groups in total. The summed E-state index contributed by atoms with van der Waals surface area (Å²) >= 11 is 2.82. The molecule has 2 aromatic heterocycles. The Balaban J connectivity index is 2.10. The number of fused-ring (bicyclic) bond motifs is 1. The van der Waals surface area contributed by atoms with Crippen LogP contribution in [-0.2, 0) is 11.2 Å². The summed E-state index contributed by atoms with van der Waals surface area (Å²) in [7, 11) is 0. The van der Waals surface area contributed by atoms with Crippen LogP contribution in [0.15, 0.2) is 28.2 Å². The van der Waals surface area contributed by atoms with E-state index in [1.165, 1.54) is 23.1 Å². The average molecular weight is 445 g/mol. The lowest BCUT2D eigenvalue weighted by Crippen LogP contribution is -2.35. The van der Waals surface area contributed by atoms with Gasteiger partial charge < -0.3 is 5.73 Å². The van der Waals surface area contributed by atoms with Gasteiger partial charge >= 0.3 is 6.03 Å². The molecule has 0 spiro atoms. The van der Waals surface area contributed by atoms with Crippen molar-refractivity contribution in [3.63, 3.8) is 0 Å². The molecular formula is C21H24N4O3S2. The number of nitrogens with two attached hydrogens (primary N) is 1. The lowest BCUT2D eigenvalue weighted by molar-refractivity contribution is -0.119. The Morgan fingerprint density at radius 3 is 2.60 bits per heavy atom. The van der Waals surface area contributed by atoms with Crippen molar-refractivity contribution >= 4 is 45.3 Å². The molecule has 0 aliphatic carbocycles. The first-order chi connectivity index (χ1) is 14.2. The van der Waals surface area contributed by atoms with Crippen LogP contribution in [0.1, 0.15) is 34.9 Å². The Hall–Kier alpha value is -2.65. The highest BCUT2D eigenvalue weighted by Crippen LogP contribution is 2.31. The molecule has 158 valence electrons. The number of nitrogens with one attached hydrogen (secondary N) is 1. The monoisotopic (exact) mass is 444 g/mol. The maximum absolute atomic E-state index is 13.6. The molecular weight excluding hydrogens is 420 g/mol. The van der Waals surface area contributed by atoms with E-state index in [1.807, 2.05) is 51.2 Å². The van der Waals surface area contributed by atoms with Crippen LogP contribution in [0, 0.1) is 20.8 Å². The van der Waals surface area contributed by atoms with Crippen LogP contribution in [-0.4, -0.2) is 27.2 Å². The van der Waals surface area contributed by atoms with Gasteiger partial charge in [0.05, 0.1) is 11.1 Å². The fourth-order valence-corrected chi connectivity index (χ4v) is 5.35. The Bertz CT molecular complexity index is 1200. The first-order valence-electron chi connectivity index (χ1n) is 9.57. The number of aromatic nitrogens is 2. The molecule has 0 saturated carbocycles. The Labute approximate surface area is 182 Å². The molecule has 2 heterocycles. The Morgan fingerprint density at radius 2 is 1.97 bits per heavy atom. The molecule has 30 heavy (non-hydrogen) atoms. The fraction of sp³-hybridized carbons (Fsp3) is 0.333. The maximum Gasteiger partial charge on any atom is 0.318 e. The van der Waals surface area contributed by atoms with Crippen LogP contribution in [0.4, 0.5) is 4.79 Å². The van der Waals surface area contributed by atoms with E-state index in [0.29, 0.717) is 21.1 Å². The predicted molar refractivity (Wildman–Crippen MR) is 122 cm³/mol. The Morgan fingerprint density at radius 1 is 1.23 bits per heavy atom. The van der Waals surface area contributed by atoms with Gasteiger partial charge in [0.2, 0.25) is 5.91 Å². The smallest absolute Gasteiger partial charge is 0.318 e. The van der Waals surface area contributed by atoms with E-state index in [2.05, 4.69) is 0 Å². The van der Waals surface area contributed by atoms with E-state index in [0.717, 1.165) is 33.7 Å². The van der Waals surface area contributed by atoms with Gasteiger partial charge in [0, 0.05) is 17.1 Å². The van der Waals surface area contributed by atoms with Crippen molar-refractivity contribution in [1.29, 1.82) is 0 Å². The number of amides is 3. The van der Waals surface area contributed by atoms with Gasteiger partial charge in [-0.25, -0.2) is 9.78 Å². The number of benzene rings is 1. The van der Waals surface area contributed by atoms with Crippen LogP contribution in [0.3, 0.4) is 0 Å². The fourth-order valence-electron chi connectivity index (χ4n) is 3.25. The van der Waals surface area contributed by atoms with Gasteiger partial charge in [-0.05, 0) is 56.0 Å². The van der Waals surface area contributed by atoms with Crippen molar-refractivity contribution in [3.8, 4) is 5.69 Å². The number of aryl methyl sites for hydroxylation is 4. The quantitative estimate of drug-likeness (QED) is 0.446. The van der Waals surface area contributed by atoms with Crippen molar-refractivity contribution in [2.45, 2.75) is 45.7 Å². The van der Waals surface area contributed by atoms with Crippen LogP contribution < -0.4 is 16.6 Å². The summed E-state index contributed by atoms with van der Waals surface area (Å²) in [5.41, 5.74) is 8.87. The maximum atomic E-state index is 13.6. The SMILES string of the molecule is CCc1c(C)sc2nc(SCCC(=O)NC(N)=O)n(-c3ccc(C)c(C)c3)c(=O)c12. The normalized spacial score (nSPS) is 11.1. The number of carbonyl (C=O) groups excluding carboxylic acids is 2. The number of carbonyl (C=O) groups is 2. The van der Waals surface area contributed by atoms with Crippen LogP contribution >= 0.6 is 23.1 Å². The van der Waals surface area contributed by atoms with Gasteiger partial charge in [0.15, 0.2) is 5.16 Å². The first kappa shape index (κ1) is 22.0. The molecule has 9 heteroatoms. The first-order valence-corrected chi connectivity index (χ1v) is 11.4. The number of rotatable bonds is 6. The zero-order valence-corrected chi connectivity index (χ0v) is 19.0. The van der Waals surface area contributed by atoms with E-state index >= 15 is 0 Å². The average Bonchev–Trinajstić information content (AvgIpc) is 2.99. The molecule has 0 aliphatic rings. The van der Waals surface area contributed by atoms with Gasteiger partial charge in [-0.2, -0.15) is 0 Å². The van der Waals surface area contributed by atoms with Gasteiger partial charge in [-0.1, -0.05) is 24.8 Å². The van der Waals surface area contributed by atoms with Crippen LogP contribution in [0.2, 0.25) is 0 Å². The molecule has 0 unspecified atom stereocenters. The zero-order valence-electron chi connectivity index (χ0n) is 17.4. The molecule has 7 nitrogen and oxygen atoms in total. The second-order valence-electron chi connectivity index (χ2n) is 6.98. The molecule has 3 rings (SSSR count). The standard InChI is InChI=1S/C21H24N4O3S2/c1-5-15-13(4)30-18-17(15)19(27)25(14-7-6-11(2)12(3)10-14)21(24-18)29-9-8-16(26)23-20(22)28/h6-7,10H,5,8-9H2,1-4H3,(H3,22,23,26,28). The summed E-state index contributed by atoms with van der Waals surface area (Å²) in [6.45, 7) is 8.07. The Kier molecular flexibility index (Phi) is 6.62. The van der Waals surface area contributed by atoms with Gasteiger partial charge in [0.25, 0.3) is 5.56 Å². The lowest BCUT2D eigenvalue weighted by Gasteiger charge is -2.14. The summed E-state index contributed by atoms with van der Waals surface area (Å²) in [6, 6.07) is 4.98. The third kappa shape index (κ3) is 4.41. The molecule has 0 radical (unpaired) electrons. The van der Waals surface area contributed by atoms with Crippen LogP contribution in [0.25, 0.3) is 15.9 Å². The number of nitrogens with zero attached hydrogens (tertiary/aromatic N) is 2. The van der Waals surface area contributed by atoms with Crippen molar-refractivity contribution in [2.24, 2.45) is 5.73 Å². The number of urea groups is 1. The molecule has 0 aliphatic heterocycles. The minimum absolute atomic E-state index is 0.0815. The largest absolute Gasteiger partial charge is 0.351 e. The van der Waals surface area contributed by atoms with Crippen LogP contribution in [0.5, 0.6) is 0 Å². The lowest BCUT2D eigenvalue weighted by atomic mass is 10.1. The number of primary amides is 1. The van der Waals surface area contributed by atoms with E-state index < -0.39 is 11.9 Å². The van der Waals surface area contributed by atoms with Crippen molar-refractivity contribution in [2.75, 3.05) is 5.75 Å². The highest BCUT2D eigenvalue weighted by atomic mass is 32.2. The minimum Gasteiger partial charge on any atom is -0.351 e. The minimum atomic E-state index is -0.877. The van der Waals surface area contributed by atoms with Crippen molar-refractivity contribution in [3.05, 3.63) is 50.1 Å². The van der Waals surface area contributed by atoms with Gasteiger partial charge in [-0.3, -0.25) is 19.5 Å². The van der Waals surface area contributed by atoms with Crippen molar-refractivity contribution in [1.82, 2.24) is 14.9 Å². The topological polar surface area (TPSA) is 107 Å². The number of thiophene rings is 1. The van der Waals surface area contributed by atoms with Crippen molar-refractivity contribution < 1.29 is 9.59 Å². The molecule has 3 amide bonds. The summed E-state index contributed by atoms with van der Waals surface area (Å²) in [4.78, 5) is 42.7. The van der Waals surface area contributed by atoms with Gasteiger partial charge in [0.1, 0.15) is 4.83 Å². The third-order valence-corrected chi connectivity index (χ3v) is 6.90. The van der Waals surface area contributed by atoms with E-state index in [9.17, 15) is 14.4 Å². The molecule has 0 bridgehead atoms. The number of hydrogen-bond acceptors (Lipinski definition) is 6. The number of hydrogen-bond donors (Lipinski definition) is 2. The van der Waals surface area contributed by atoms with Gasteiger partial charge in [-0.15, -0.1) is 11.3 Å². The predicted octanol–water partition coefficient (Wildman–Crippen LogP) is 3.61. The second kappa shape index (κ2) is 9.01. The second-order valence-corrected chi connectivity index (χ2v) is 9.25. The van der Waals surface area contributed by atoms with E-state index in [1.54, 1.807) is 4.57 Å². The highest BCUT2D eigenvalue weighted by molar-refractivity contribution is 7.99. The van der Waals surface area contributed by atoms with E-state index in [4.69, 9.17) is 10.7 Å².